The van der Waals surface area contributed by atoms with E-state index in [1.807, 2.05) is 12.1 Å². The Morgan fingerprint density at radius 1 is 1.44 bits per heavy atom. The number of carboxylic acid groups (broad SMARTS) is 1. The molecule has 0 aliphatic carbocycles. The summed E-state index contributed by atoms with van der Waals surface area (Å²) in [6, 6.07) is 4.76. The van der Waals surface area contributed by atoms with Crippen molar-refractivity contribution in [2.75, 3.05) is 37.0 Å². The molecule has 0 radical (unpaired) electrons. The Bertz CT molecular complexity index is 754. The molecule has 1 aromatic rings. The summed E-state index contributed by atoms with van der Waals surface area (Å²) in [6.45, 7) is 3.23. The maximum absolute atomic E-state index is 11.9. The van der Waals surface area contributed by atoms with Gasteiger partial charge in [-0.05, 0) is 37.2 Å². The third-order valence-electron chi connectivity index (χ3n) is 5.83. The molecule has 2 saturated heterocycles. The van der Waals surface area contributed by atoms with Gasteiger partial charge in [0.15, 0.2) is 0 Å². The Morgan fingerprint density at radius 2 is 2.20 bits per heavy atom. The van der Waals surface area contributed by atoms with E-state index in [0.29, 0.717) is 5.69 Å². The SMILES string of the molecule is CN1CC[C@@]2(C)c3cc(N(C(=O)O)[C@@H]4CONC4=O)ccc3N(C)[C@@H]12. The van der Waals surface area contributed by atoms with E-state index in [2.05, 4.69) is 36.3 Å². The van der Waals surface area contributed by atoms with Crippen molar-refractivity contribution < 1.29 is 19.5 Å². The van der Waals surface area contributed by atoms with Crippen LogP contribution < -0.4 is 15.3 Å². The lowest BCUT2D eigenvalue weighted by molar-refractivity contribution is -0.124. The van der Waals surface area contributed by atoms with Crippen LogP contribution in [-0.4, -0.2) is 61.5 Å². The largest absolute Gasteiger partial charge is 0.465 e. The predicted octanol–water partition coefficient (Wildman–Crippen LogP) is 0.970. The highest BCUT2D eigenvalue weighted by Crippen LogP contribution is 2.51. The molecule has 3 heterocycles. The number of nitrogens with zero attached hydrogens (tertiary/aromatic N) is 3. The molecule has 1 aromatic carbocycles. The number of amides is 2. The van der Waals surface area contributed by atoms with Gasteiger partial charge in [0.25, 0.3) is 5.91 Å². The van der Waals surface area contributed by atoms with E-state index in [1.165, 1.54) is 0 Å². The molecule has 134 valence electrons. The summed E-state index contributed by atoms with van der Waals surface area (Å²) in [5.41, 5.74) is 4.91. The average Bonchev–Trinajstić information content (AvgIpc) is 3.17. The van der Waals surface area contributed by atoms with Gasteiger partial charge in [-0.3, -0.25) is 19.4 Å². The molecule has 2 fully saturated rings. The monoisotopic (exact) mass is 346 g/mol. The first kappa shape index (κ1) is 16.2. The highest BCUT2D eigenvalue weighted by molar-refractivity contribution is 5.97. The summed E-state index contributed by atoms with van der Waals surface area (Å²) < 4.78 is 0. The van der Waals surface area contributed by atoms with E-state index in [0.717, 1.165) is 29.1 Å². The van der Waals surface area contributed by atoms with Gasteiger partial charge in [-0.15, -0.1) is 0 Å². The number of carbonyl (C=O) groups is 2. The lowest BCUT2D eigenvalue weighted by Crippen LogP contribution is -2.46. The minimum atomic E-state index is -1.16. The number of fused-ring (bicyclic) bond motifs is 3. The number of anilines is 2. The fourth-order valence-electron chi connectivity index (χ4n) is 4.66. The van der Waals surface area contributed by atoms with Gasteiger partial charge in [0.05, 0.1) is 6.17 Å². The molecule has 8 heteroatoms. The number of carbonyl (C=O) groups excluding carboxylic acids is 1. The van der Waals surface area contributed by atoms with Crippen molar-refractivity contribution in [1.82, 2.24) is 10.4 Å². The molecule has 0 bridgehead atoms. The van der Waals surface area contributed by atoms with Crippen molar-refractivity contribution in [3.05, 3.63) is 23.8 Å². The summed E-state index contributed by atoms with van der Waals surface area (Å²) in [5.74, 6) is -0.440. The molecule has 8 nitrogen and oxygen atoms in total. The second-order valence-electron chi connectivity index (χ2n) is 7.28. The summed E-state index contributed by atoms with van der Waals surface area (Å²) in [5, 5.41) is 9.67. The average molecular weight is 346 g/mol. The molecule has 3 aliphatic rings. The topological polar surface area (TPSA) is 85.4 Å². The van der Waals surface area contributed by atoms with Crippen LogP contribution in [0, 0.1) is 0 Å². The Morgan fingerprint density at radius 3 is 2.84 bits per heavy atom. The van der Waals surface area contributed by atoms with Gasteiger partial charge < -0.3 is 10.0 Å². The summed E-state index contributed by atoms with van der Waals surface area (Å²) >= 11 is 0. The molecule has 0 spiro atoms. The number of nitrogens with one attached hydrogen (secondary N) is 1. The molecule has 4 rings (SSSR count). The number of hydrogen-bond acceptors (Lipinski definition) is 5. The summed E-state index contributed by atoms with van der Waals surface area (Å²) in [4.78, 5) is 34.3. The lowest BCUT2D eigenvalue weighted by atomic mass is 9.81. The summed E-state index contributed by atoms with van der Waals surface area (Å²) in [7, 11) is 4.19. The van der Waals surface area contributed by atoms with Crippen LogP contribution in [0.25, 0.3) is 0 Å². The number of hydroxylamine groups is 1. The van der Waals surface area contributed by atoms with Crippen LogP contribution in [0.2, 0.25) is 0 Å². The van der Waals surface area contributed by atoms with Crippen molar-refractivity contribution in [1.29, 1.82) is 0 Å². The quantitative estimate of drug-likeness (QED) is 0.830. The molecular formula is C17H22N4O4. The minimum absolute atomic E-state index is 0.00471. The number of likely N-dealkylation sites (N-methyl/N-ethyl adjacent to an activating group) is 2. The number of hydrogen-bond donors (Lipinski definition) is 2. The van der Waals surface area contributed by atoms with Gasteiger partial charge in [-0.2, -0.15) is 0 Å². The zero-order valence-corrected chi connectivity index (χ0v) is 14.5. The first-order valence-electron chi connectivity index (χ1n) is 8.36. The van der Waals surface area contributed by atoms with Gasteiger partial charge in [-0.25, -0.2) is 10.3 Å². The van der Waals surface area contributed by atoms with Crippen molar-refractivity contribution in [3.8, 4) is 0 Å². The fraction of sp³-hybridized carbons (Fsp3) is 0.529. The number of rotatable bonds is 2. The van der Waals surface area contributed by atoms with E-state index >= 15 is 0 Å². The molecule has 3 atom stereocenters. The zero-order chi connectivity index (χ0) is 17.9. The first-order valence-corrected chi connectivity index (χ1v) is 8.36. The second kappa shape index (κ2) is 5.34. The molecule has 0 aromatic heterocycles. The normalized spacial score (nSPS) is 31.0. The van der Waals surface area contributed by atoms with E-state index < -0.39 is 18.0 Å². The summed E-state index contributed by atoms with van der Waals surface area (Å²) in [6.07, 6.45) is 0.103. The molecular weight excluding hydrogens is 324 g/mol. The molecule has 25 heavy (non-hydrogen) atoms. The maximum atomic E-state index is 11.9. The third-order valence-corrected chi connectivity index (χ3v) is 5.83. The van der Waals surface area contributed by atoms with Gasteiger partial charge in [0, 0.05) is 30.4 Å². The van der Waals surface area contributed by atoms with Gasteiger partial charge in [0.1, 0.15) is 12.6 Å². The van der Waals surface area contributed by atoms with Crippen LogP contribution in [0.4, 0.5) is 16.2 Å². The van der Waals surface area contributed by atoms with Crippen LogP contribution >= 0.6 is 0 Å². The maximum Gasteiger partial charge on any atom is 0.412 e. The lowest BCUT2D eigenvalue weighted by Gasteiger charge is -2.32. The first-order chi connectivity index (χ1) is 11.8. The predicted molar refractivity (Wildman–Crippen MR) is 91.6 cm³/mol. The van der Waals surface area contributed by atoms with E-state index in [4.69, 9.17) is 4.84 Å². The van der Waals surface area contributed by atoms with Crippen molar-refractivity contribution in [2.45, 2.75) is 31.0 Å². The number of likely N-dealkylation sites (tertiary alicyclic amines) is 1. The number of benzene rings is 1. The van der Waals surface area contributed by atoms with Crippen LogP contribution in [0.3, 0.4) is 0 Å². The standard InChI is InChI=1S/C17H22N4O4/c1-17-6-7-19(2)15(17)20(3)12-5-4-10(8-11(12)17)21(16(23)24)13-9-25-18-14(13)22/h4-5,8,13,15H,6-7,9H2,1-3H3,(H,18,22)(H,23,24)/t13-,15-,17+/m1/s1. The molecule has 2 amide bonds. The minimum Gasteiger partial charge on any atom is -0.465 e. The molecule has 0 saturated carbocycles. The third kappa shape index (κ3) is 2.14. The highest BCUT2D eigenvalue weighted by Gasteiger charge is 2.52. The Balaban J connectivity index is 1.78. The van der Waals surface area contributed by atoms with Crippen LogP contribution in [0.5, 0.6) is 0 Å². The van der Waals surface area contributed by atoms with Crippen LogP contribution in [-0.2, 0) is 15.0 Å². The van der Waals surface area contributed by atoms with E-state index in [1.54, 1.807) is 6.07 Å². The van der Waals surface area contributed by atoms with Crippen molar-refractivity contribution in [3.63, 3.8) is 0 Å². The molecule has 0 unspecified atom stereocenters. The Hall–Kier alpha value is -2.32. The fourth-order valence-corrected chi connectivity index (χ4v) is 4.66. The molecule has 2 N–H and O–H groups in total. The van der Waals surface area contributed by atoms with Crippen molar-refractivity contribution >= 4 is 23.4 Å². The van der Waals surface area contributed by atoms with E-state index in [9.17, 15) is 14.7 Å². The smallest absolute Gasteiger partial charge is 0.412 e. The Kier molecular flexibility index (Phi) is 3.45. The second-order valence-corrected chi connectivity index (χ2v) is 7.28. The van der Waals surface area contributed by atoms with Gasteiger partial charge in [-0.1, -0.05) is 6.92 Å². The van der Waals surface area contributed by atoms with Crippen LogP contribution in [0.1, 0.15) is 18.9 Å². The zero-order valence-electron chi connectivity index (χ0n) is 14.5. The van der Waals surface area contributed by atoms with Crippen LogP contribution in [0.15, 0.2) is 18.2 Å². The van der Waals surface area contributed by atoms with Crippen molar-refractivity contribution in [2.24, 2.45) is 0 Å². The Labute approximate surface area is 145 Å². The highest BCUT2D eigenvalue weighted by atomic mass is 16.7. The molecule has 3 aliphatic heterocycles. The van der Waals surface area contributed by atoms with Gasteiger partial charge in [0.2, 0.25) is 0 Å². The van der Waals surface area contributed by atoms with Gasteiger partial charge >= 0.3 is 6.09 Å². The van der Waals surface area contributed by atoms with E-state index in [-0.39, 0.29) is 18.2 Å².